The van der Waals surface area contributed by atoms with E-state index in [9.17, 15) is 4.79 Å². The van der Waals surface area contributed by atoms with Crippen LogP contribution in [-0.4, -0.2) is 31.7 Å². The number of carbonyl (C=O) groups excluding carboxylic acids is 1. The average molecular weight is 357 g/mol. The Balaban J connectivity index is 3.07. The molecule has 6 nitrogen and oxygen atoms in total. The molecule has 0 aromatic carbocycles. The smallest absolute Gasteiger partial charge is 0.321 e. The van der Waals surface area contributed by atoms with Crippen molar-refractivity contribution in [3.8, 4) is 0 Å². The molecule has 0 fully saturated rings. The van der Waals surface area contributed by atoms with Gasteiger partial charge in [-0.3, -0.25) is 10.7 Å². The number of unbranched alkanes of at least 4 members (excludes halogenated alkanes) is 11. The number of hydrogen-bond acceptors (Lipinski definition) is 3. The van der Waals surface area contributed by atoms with Gasteiger partial charge in [0, 0.05) is 19.8 Å². The van der Waals surface area contributed by atoms with Crippen LogP contribution in [0.4, 0.5) is 4.79 Å². The second-order valence-corrected chi connectivity index (χ2v) is 6.65. The minimum Gasteiger partial charge on any atom is -0.381 e. The van der Waals surface area contributed by atoms with Crippen molar-refractivity contribution in [2.75, 3.05) is 19.8 Å². The summed E-state index contributed by atoms with van der Waals surface area (Å²) < 4.78 is 5.68. The van der Waals surface area contributed by atoms with Crippen molar-refractivity contribution in [3.63, 3.8) is 0 Å². The highest BCUT2D eigenvalue weighted by atomic mass is 16.5. The summed E-state index contributed by atoms with van der Waals surface area (Å²) in [4.78, 5) is 11.2. The van der Waals surface area contributed by atoms with Crippen LogP contribution in [0.5, 0.6) is 0 Å². The van der Waals surface area contributed by atoms with E-state index in [1.807, 2.05) is 0 Å². The topological polar surface area (TPSA) is 100 Å². The van der Waals surface area contributed by atoms with Crippen LogP contribution in [0.15, 0.2) is 0 Å². The second kappa shape index (κ2) is 19.0. The van der Waals surface area contributed by atoms with E-state index in [0.29, 0.717) is 6.54 Å². The molecule has 0 aromatic rings. The van der Waals surface area contributed by atoms with Crippen LogP contribution in [0.2, 0.25) is 0 Å². The molecular weight excluding hydrogens is 316 g/mol. The molecule has 0 aromatic heterocycles. The van der Waals surface area contributed by atoms with Crippen molar-refractivity contribution < 1.29 is 9.53 Å². The van der Waals surface area contributed by atoms with E-state index in [1.54, 1.807) is 0 Å². The van der Waals surface area contributed by atoms with Gasteiger partial charge < -0.3 is 15.8 Å². The zero-order valence-electron chi connectivity index (χ0n) is 16.2. The Morgan fingerprint density at radius 2 is 1.32 bits per heavy atom. The van der Waals surface area contributed by atoms with Gasteiger partial charge in [0.25, 0.3) is 0 Å². The lowest BCUT2D eigenvalue weighted by Gasteiger charge is -2.06. The minimum absolute atomic E-state index is 0.329. The highest BCUT2D eigenvalue weighted by molar-refractivity contribution is 5.93. The van der Waals surface area contributed by atoms with Crippen molar-refractivity contribution in [1.29, 1.82) is 5.41 Å². The summed E-state index contributed by atoms with van der Waals surface area (Å²) in [5, 5.41) is 11.8. The number of amides is 2. The van der Waals surface area contributed by atoms with Crippen LogP contribution >= 0.6 is 0 Å². The standard InChI is InChI=1S/C19H40N4O2/c1-2-3-4-5-6-7-10-13-16-25-17-14-11-8-9-12-15-22-19(24)23-18(20)21/h2-17H2,1H3,(H5,20,21,22,23,24). The molecule has 0 aliphatic carbocycles. The van der Waals surface area contributed by atoms with Crippen molar-refractivity contribution >= 4 is 12.0 Å². The van der Waals surface area contributed by atoms with Gasteiger partial charge in [-0.15, -0.1) is 0 Å². The highest BCUT2D eigenvalue weighted by Crippen LogP contribution is 2.08. The molecule has 0 aliphatic rings. The van der Waals surface area contributed by atoms with Gasteiger partial charge in [0.1, 0.15) is 0 Å². The van der Waals surface area contributed by atoms with Crippen LogP contribution in [0.1, 0.15) is 90.4 Å². The molecule has 0 atom stereocenters. The first-order chi connectivity index (χ1) is 12.2. The first kappa shape index (κ1) is 23.7. The van der Waals surface area contributed by atoms with Gasteiger partial charge in [0.05, 0.1) is 0 Å². The fourth-order valence-corrected chi connectivity index (χ4v) is 2.67. The van der Waals surface area contributed by atoms with Crippen molar-refractivity contribution in [1.82, 2.24) is 10.6 Å². The highest BCUT2D eigenvalue weighted by Gasteiger charge is 1.99. The monoisotopic (exact) mass is 356 g/mol. The van der Waals surface area contributed by atoms with Crippen molar-refractivity contribution in [2.45, 2.75) is 90.4 Å². The Kier molecular flexibility index (Phi) is 18.0. The summed E-state index contributed by atoms with van der Waals surface area (Å²) in [6.07, 6.45) is 16.2. The van der Waals surface area contributed by atoms with Crippen LogP contribution < -0.4 is 16.4 Å². The van der Waals surface area contributed by atoms with Crippen molar-refractivity contribution in [3.05, 3.63) is 0 Å². The third-order valence-corrected chi connectivity index (χ3v) is 4.14. The lowest BCUT2D eigenvalue weighted by atomic mass is 10.1. The Morgan fingerprint density at radius 1 is 0.840 bits per heavy atom. The maximum absolute atomic E-state index is 11.2. The normalized spacial score (nSPS) is 10.6. The summed E-state index contributed by atoms with van der Waals surface area (Å²) in [5.41, 5.74) is 5.06. The largest absolute Gasteiger partial charge is 0.381 e. The molecule has 0 rings (SSSR count). The van der Waals surface area contributed by atoms with Crippen LogP contribution in [0.25, 0.3) is 0 Å². The molecule has 0 bridgehead atoms. The summed E-state index contributed by atoms with van der Waals surface area (Å²) in [6.45, 7) is 4.65. The molecule has 0 radical (unpaired) electrons. The molecule has 0 saturated carbocycles. The number of guanidine groups is 1. The minimum atomic E-state index is -0.401. The van der Waals surface area contributed by atoms with Gasteiger partial charge in [-0.25, -0.2) is 4.79 Å². The SMILES string of the molecule is CCCCCCCCCCOCCCCCCCNC(=O)NC(=N)N. The molecule has 0 unspecified atom stereocenters. The Hall–Kier alpha value is -1.30. The maximum Gasteiger partial charge on any atom is 0.321 e. The van der Waals surface area contributed by atoms with Gasteiger partial charge in [-0.1, -0.05) is 71.1 Å². The van der Waals surface area contributed by atoms with E-state index in [0.717, 1.165) is 38.9 Å². The van der Waals surface area contributed by atoms with E-state index < -0.39 is 6.03 Å². The number of nitrogens with one attached hydrogen (secondary N) is 3. The summed E-state index contributed by atoms with van der Waals surface area (Å²) in [7, 11) is 0. The molecule has 148 valence electrons. The number of ether oxygens (including phenoxy) is 1. The van der Waals surface area contributed by atoms with E-state index in [1.165, 1.54) is 57.8 Å². The summed E-state index contributed by atoms with van der Waals surface area (Å²) in [6, 6.07) is -0.401. The molecule has 0 heterocycles. The maximum atomic E-state index is 11.2. The predicted molar refractivity (Wildman–Crippen MR) is 105 cm³/mol. The fraction of sp³-hybridized carbons (Fsp3) is 0.895. The van der Waals surface area contributed by atoms with Crippen LogP contribution in [0, 0.1) is 5.41 Å². The van der Waals surface area contributed by atoms with Gasteiger partial charge in [0.2, 0.25) is 0 Å². The third-order valence-electron chi connectivity index (χ3n) is 4.14. The number of rotatable bonds is 17. The Morgan fingerprint density at radius 3 is 1.84 bits per heavy atom. The molecule has 0 aliphatic heterocycles. The van der Waals surface area contributed by atoms with Crippen LogP contribution in [0.3, 0.4) is 0 Å². The van der Waals surface area contributed by atoms with Crippen molar-refractivity contribution in [2.24, 2.45) is 5.73 Å². The number of urea groups is 1. The molecule has 0 saturated heterocycles. The Bertz CT molecular complexity index is 325. The molecule has 2 amide bonds. The zero-order chi connectivity index (χ0) is 18.6. The molecule has 5 N–H and O–H groups in total. The molecule has 6 heteroatoms. The van der Waals surface area contributed by atoms with Gasteiger partial charge >= 0.3 is 6.03 Å². The van der Waals surface area contributed by atoms with E-state index >= 15 is 0 Å². The van der Waals surface area contributed by atoms with E-state index in [-0.39, 0.29) is 5.96 Å². The predicted octanol–water partition coefficient (Wildman–Crippen LogP) is 4.29. The van der Waals surface area contributed by atoms with Gasteiger partial charge in [-0.05, 0) is 19.3 Å². The number of nitrogens with two attached hydrogens (primary N) is 1. The molecule has 25 heavy (non-hydrogen) atoms. The first-order valence-electron chi connectivity index (χ1n) is 10.1. The number of hydrogen-bond donors (Lipinski definition) is 4. The summed E-state index contributed by atoms with van der Waals surface area (Å²) in [5.74, 6) is -0.329. The van der Waals surface area contributed by atoms with Gasteiger partial charge in [0.15, 0.2) is 5.96 Å². The lowest BCUT2D eigenvalue weighted by molar-refractivity contribution is 0.125. The van der Waals surface area contributed by atoms with Crippen LogP contribution in [-0.2, 0) is 4.74 Å². The zero-order valence-corrected chi connectivity index (χ0v) is 16.2. The average Bonchev–Trinajstić information content (AvgIpc) is 2.57. The lowest BCUT2D eigenvalue weighted by Crippen LogP contribution is -2.42. The quantitative estimate of drug-likeness (QED) is 0.178. The molecular formula is C19H40N4O2. The third kappa shape index (κ3) is 20.7. The second-order valence-electron chi connectivity index (χ2n) is 6.65. The first-order valence-corrected chi connectivity index (χ1v) is 10.1. The van der Waals surface area contributed by atoms with Gasteiger partial charge in [-0.2, -0.15) is 0 Å². The molecule has 0 spiro atoms. The summed E-state index contributed by atoms with van der Waals surface area (Å²) >= 11 is 0. The Labute approximate surface area is 154 Å². The van der Waals surface area contributed by atoms with E-state index in [2.05, 4.69) is 17.6 Å². The van der Waals surface area contributed by atoms with E-state index in [4.69, 9.17) is 15.9 Å². The fourth-order valence-electron chi connectivity index (χ4n) is 2.67. The number of carbonyl (C=O) groups is 1.